The zero-order valence-electron chi connectivity index (χ0n) is 5.76. The van der Waals surface area contributed by atoms with Crippen molar-refractivity contribution < 1.29 is 4.74 Å². The van der Waals surface area contributed by atoms with Gasteiger partial charge < -0.3 is 4.74 Å². The van der Waals surface area contributed by atoms with Gasteiger partial charge in [0.05, 0.1) is 18.9 Å². The summed E-state index contributed by atoms with van der Waals surface area (Å²) in [7, 11) is 1.54. The number of hydrogen-bond acceptors (Lipinski definition) is 4. The molecule has 1 heterocycles. The minimum absolute atomic E-state index is 0.492. The van der Waals surface area contributed by atoms with E-state index < -0.39 is 0 Å². The van der Waals surface area contributed by atoms with Gasteiger partial charge in [0.25, 0.3) is 0 Å². The SMILES string of the molecule is COC1=NN(Cl)NC(C)=C1. The van der Waals surface area contributed by atoms with Crippen LogP contribution in [0.25, 0.3) is 0 Å². The minimum atomic E-state index is 0.492. The summed E-state index contributed by atoms with van der Waals surface area (Å²) in [5, 5.41) is 3.76. The molecule has 0 fully saturated rings. The molecule has 5 heteroatoms. The Bertz CT molecular complexity index is 189. The van der Waals surface area contributed by atoms with Crippen LogP contribution in [0, 0.1) is 0 Å². The molecule has 1 aliphatic rings. The van der Waals surface area contributed by atoms with Gasteiger partial charge in [-0.15, -0.1) is 9.74 Å². The molecular weight excluding hydrogens is 154 g/mol. The smallest absolute Gasteiger partial charge is 0.235 e. The maximum atomic E-state index is 5.50. The first-order chi connectivity index (χ1) is 4.72. The molecule has 0 aromatic heterocycles. The molecule has 0 bridgehead atoms. The second-order valence-corrected chi connectivity index (χ2v) is 2.16. The predicted octanol–water partition coefficient (Wildman–Crippen LogP) is 0.824. The summed E-state index contributed by atoms with van der Waals surface area (Å²) >= 11 is 5.50. The standard InChI is InChI=1S/C5H8ClN3O/c1-4-3-5(10-2)8-9(6)7-4/h3,7H,1-2H3. The lowest BCUT2D eigenvalue weighted by Gasteiger charge is -2.17. The molecule has 0 aromatic carbocycles. The van der Waals surface area contributed by atoms with E-state index in [9.17, 15) is 0 Å². The quantitative estimate of drug-likeness (QED) is 0.535. The highest BCUT2D eigenvalue weighted by Crippen LogP contribution is 2.03. The van der Waals surface area contributed by atoms with Crippen LogP contribution in [0.2, 0.25) is 0 Å². The molecule has 0 amide bonds. The summed E-state index contributed by atoms with van der Waals surface area (Å²) in [6.07, 6.45) is 1.75. The van der Waals surface area contributed by atoms with Crippen LogP contribution in [0.4, 0.5) is 0 Å². The second kappa shape index (κ2) is 2.79. The number of methoxy groups -OCH3 is 1. The summed E-state index contributed by atoms with van der Waals surface area (Å²) in [6.45, 7) is 1.86. The van der Waals surface area contributed by atoms with E-state index in [2.05, 4.69) is 10.5 Å². The van der Waals surface area contributed by atoms with Gasteiger partial charge in [-0.1, -0.05) is 0 Å². The fraction of sp³-hybridized carbons (Fsp3) is 0.400. The molecule has 0 spiro atoms. The lowest BCUT2D eigenvalue weighted by Crippen LogP contribution is -2.29. The normalized spacial score (nSPS) is 17.3. The van der Waals surface area contributed by atoms with E-state index in [-0.39, 0.29) is 0 Å². The Labute approximate surface area is 64.2 Å². The van der Waals surface area contributed by atoms with Crippen LogP contribution in [0.5, 0.6) is 0 Å². The third-order valence-corrected chi connectivity index (χ3v) is 1.16. The van der Waals surface area contributed by atoms with Crippen LogP contribution < -0.4 is 5.43 Å². The van der Waals surface area contributed by atoms with E-state index in [1.54, 1.807) is 13.2 Å². The molecular formula is C5H8ClN3O. The number of rotatable bonds is 0. The first-order valence-corrected chi connectivity index (χ1v) is 3.09. The Balaban J connectivity index is 2.72. The molecule has 1 aliphatic heterocycles. The first-order valence-electron chi connectivity index (χ1n) is 2.76. The Morgan fingerprint density at radius 3 is 3.00 bits per heavy atom. The average molecular weight is 162 g/mol. The van der Waals surface area contributed by atoms with E-state index >= 15 is 0 Å². The second-order valence-electron chi connectivity index (χ2n) is 1.84. The lowest BCUT2D eigenvalue weighted by atomic mass is 10.4. The molecule has 0 saturated carbocycles. The number of nitrogens with zero attached hydrogens (tertiary/aromatic N) is 2. The first kappa shape index (κ1) is 7.21. The molecule has 1 rings (SSSR count). The Morgan fingerprint density at radius 2 is 2.50 bits per heavy atom. The van der Waals surface area contributed by atoms with Crippen LogP contribution in [0.15, 0.2) is 16.9 Å². The van der Waals surface area contributed by atoms with Crippen LogP contribution in [-0.2, 0) is 4.74 Å². The van der Waals surface area contributed by atoms with Crippen molar-refractivity contribution >= 4 is 17.7 Å². The number of hydrazone groups is 1. The molecule has 1 N–H and O–H groups in total. The van der Waals surface area contributed by atoms with Crippen molar-refractivity contribution in [3.8, 4) is 0 Å². The van der Waals surface area contributed by atoms with Gasteiger partial charge in [0.15, 0.2) is 0 Å². The van der Waals surface area contributed by atoms with E-state index in [1.165, 1.54) is 0 Å². The van der Waals surface area contributed by atoms with Crippen molar-refractivity contribution in [2.24, 2.45) is 5.10 Å². The van der Waals surface area contributed by atoms with Gasteiger partial charge in [-0.3, -0.25) is 5.43 Å². The zero-order valence-corrected chi connectivity index (χ0v) is 6.51. The molecule has 0 atom stereocenters. The van der Waals surface area contributed by atoms with Crippen molar-refractivity contribution in [2.45, 2.75) is 6.92 Å². The number of ether oxygens (including phenoxy) is 1. The highest BCUT2D eigenvalue weighted by molar-refractivity contribution is 6.13. The summed E-state index contributed by atoms with van der Waals surface area (Å²) < 4.78 is 5.92. The third-order valence-electron chi connectivity index (χ3n) is 1.00. The van der Waals surface area contributed by atoms with Gasteiger partial charge in [-0.25, -0.2) is 0 Å². The van der Waals surface area contributed by atoms with Crippen molar-refractivity contribution in [1.82, 2.24) is 10.1 Å². The van der Waals surface area contributed by atoms with Crippen LogP contribution >= 0.6 is 11.8 Å². The van der Waals surface area contributed by atoms with E-state index in [0.717, 1.165) is 10.3 Å². The summed E-state index contributed by atoms with van der Waals surface area (Å²) in [5.41, 5.74) is 3.63. The van der Waals surface area contributed by atoms with Crippen molar-refractivity contribution in [2.75, 3.05) is 7.11 Å². The largest absolute Gasteiger partial charge is 0.480 e. The topological polar surface area (TPSA) is 36.9 Å². The highest BCUT2D eigenvalue weighted by atomic mass is 35.5. The number of halogens is 1. The maximum absolute atomic E-state index is 5.50. The summed E-state index contributed by atoms with van der Waals surface area (Å²) in [4.78, 5) is 0. The fourth-order valence-corrected chi connectivity index (χ4v) is 0.811. The number of allylic oxidation sites excluding steroid dienone is 1. The average Bonchev–Trinajstić information content (AvgIpc) is 1.85. The van der Waals surface area contributed by atoms with Gasteiger partial charge in [0.2, 0.25) is 5.90 Å². The third kappa shape index (κ3) is 1.54. The van der Waals surface area contributed by atoms with Crippen LogP contribution in [-0.4, -0.2) is 17.6 Å². The number of hydrogen-bond donors (Lipinski definition) is 1. The Morgan fingerprint density at radius 1 is 1.80 bits per heavy atom. The maximum Gasteiger partial charge on any atom is 0.235 e. The molecule has 0 aliphatic carbocycles. The Hall–Kier alpha value is -0.900. The fourth-order valence-electron chi connectivity index (χ4n) is 0.603. The highest BCUT2D eigenvalue weighted by Gasteiger charge is 2.06. The van der Waals surface area contributed by atoms with Crippen molar-refractivity contribution in [1.29, 1.82) is 0 Å². The minimum Gasteiger partial charge on any atom is -0.480 e. The van der Waals surface area contributed by atoms with Crippen molar-refractivity contribution in [3.63, 3.8) is 0 Å². The molecule has 10 heavy (non-hydrogen) atoms. The summed E-state index contributed by atoms with van der Waals surface area (Å²) in [5.74, 6) is 0.492. The van der Waals surface area contributed by atoms with E-state index in [1.807, 2.05) is 6.92 Å². The molecule has 4 nitrogen and oxygen atoms in total. The van der Waals surface area contributed by atoms with Gasteiger partial charge in [0.1, 0.15) is 0 Å². The zero-order chi connectivity index (χ0) is 7.56. The molecule has 0 aromatic rings. The monoisotopic (exact) mass is 161 g/mol. The van der Waals surface area contributed by atoms with Gasteiger partial charge in [0, 0.05) is 11.8 Å². The molecule has 56 valence electrons. The van der Waals surface area contributed by atoms with Crippen LogP contribution in [0.1, 0.15) is 6.92 Å². The lowest BCUT2D eigenvalue weighted by molar-refractivity contribution is 0.339. The predicted molar refractivity (Wildman–Crippen MR) is 39.0 cm³/mol. The van der Waals surface area contributed by atoms with E-state index in [0.29, 0.717) is 5.90 Å². The molecule has 0 unspecified atom stereocenters. The summed E-state index contributed by atoms with van der Waals surface area (Å²) in [6, 6.07) is 0. The molecule has 0 saturated heterocycles. The number of hydrazine groups is 1. The van der Waals surface area contributed by atoms with Crippen LogP contribution in [0.3, 0.4) is 0 Å². The van der Waals surface area contributed by atoms with Gasteiger partial charge >= 0.3 is 0 Å². The van der Waals surface area contributed by atoms with E-state index in [4.69, 9.17) is 16.5 Å². The van der Waals surface area contributed by atoms with Gasteiger partial charge in [-0.2, -0.15) is 0 Å². The van der Waals surface area contributed by atoms with Gasteiger partial charge in [-0.05, 0) is 6.92 Å². The molecule has 0 radical (unpaired) electrons. The van der Waals surface area contributed by atoms with Crippen molar-refractivity contribution in [3.05, 3.63) is 11.8 Å². The number of nitrogens with one attached hydrogen (secondary N) is 1. The Kier molecular flexibility index (Phi) is 2.01.